The van der Waals surface area contributed by atoms with Crippen LogP contribution in [0.2, 0.25) is 0 Å². The van der Waals surface area contributed by atoms with Crippen LogP contribution in [0.4, 0.5) is 0 Å². The van der Waals surface area contributed by atoms with Gasteiger partial charge in [-0.3, -0.25) is 0 Å². The summed E-state index contributed by atoms with van der Waals surface area (Å²) in [6, 6.07) is 0. The predicted octanol–water partition coefficient (Wildman–Crippen LogP) is 2.46. The van der Waals surface area contributed by atoms with Crippen molar-refractivity contribution in [3.05, 3.63) is 12.2 Å². The van der Waals surface area contributed by atoms with E-state index in [-0.39, 0.29) is 0 Å². The first-order chi connectivity index (χ1) is 3.84. The average Bonchev–Trinajstić information content (AvgIpc) is 1.79. The maximum absolute atomic E-state index is 3.94. The Morgan fingerprint density at radius 2 is 2.62 bits per heavy atom. The van der Waals surface area contributed by atoms with E-state index in [9.17, 15) is 0 Å². The van der Waals surface area contributed by atoms with Gasteiger partial charge < -0.3 is 0 Å². The molecular weight excluding hydrogens is 116 g/mol. The monoisotopic (exact) mass is 128 g/mol. The van der Waals surface area contributed by atoms with Crippen molar-refractivity contribution in [3.8, 4) is 0 Å². The standard InChI is InChI=1S/C7H12S/c1-3-4-7-6(2)5-8-7/h7H,2-5H2,1H3. The highest BCUT2D eigenvalue weighted by Gasteiger charge is 2.20. The minimum atomic E-state index is 0.819. The molecule has 0 N–H and O–H groups in total. The van der Waals surface area contributed by atoms with Gasteiger partial charge in [0.15, 0.2) is 0 Å². The molecule has 8 heavy (non-hydrogen) atoms. The summed E-state index contributed by atoms with van der Waals surface area (Å²) in [4.78, 5) is 0. The van der Waals surface area contributed by atoms with Crippen LogP contribution in [0.15, 0.2) is 12.2 Å². The summed E-state index contributed by atoms with van der Waals surface area (Å²) < 4.78 is 0. The molecule has 0 aliphatic carbocycles. The fourth-order valence-corrected chi connectivity index (χ4v) is 1.91. The van der Waals surface area contributed by atoms with Crippen molar-refractivity contribution in [2.75, 3.05) is 5.75 Å². The van der Waals surface area contributed by atoms with Gasteiger partial charge in [-0.25, -0.2) is 0 Å². The van der Waals surface area contributed by atoms with Crippen molar-refractivity contribution >= 4 is 11.8 Å². The molecule has 1 heteroatoms. The summed E-state index contributed by atoms with van der Waals surface area (Å²) >= 11 is 2.04. The molecule has 0 aromatic rings. The van der Waals surface area contributed by atoms with Crippen molar-refractivity contribution in [1.82, 2.24) is 0 Å². The highest BCUT2D eigenvalue weighted by Crippen LogP contribution is 2.35. The maximum Gasteiger partial charge on any atom is 0.0265 e. The van der Waals surface area contributed by atoms with Crippen LogP contribution in [0.25, 0.3) is 0 Å². The average molecular weight is 128 g/mol. The van der Waals surface area contributed by atoms with Crippen molar-refractivity contribution in [2.45, 2.75) is 25.0 Å². The molecule has 1 aliphatic rings. The van der Waals surface area contributed by atoms with Gasteiger partial charge in [0.05, 0.1) is 0 Å². The largest absolute Gasteiger partial charge is 0.150 e. The molecule has 1 fully saturated rings. The molecule has 0 amide bonds. The smallest absolute Gasteiger partial charge is 0.0265 e. The van der Waals surface area contributed by atoms with E-state index < -0.39 is 0 Å². The molecule has 1 rings (SSSR count). The second-order valence-corrected chi connectivity index (χ2v) is 3.44. The topological polar surface area (TPSA) is 0 Å². The molecule has 0 aromatic carbocycles. The Morgan fingerprint density at radius 1 is 1.88 bits per heavy atom. The van der Waals surface area contributed by atoms with Gasteiger partial charge in [0.1, 0.15) is 0 Å². The lowest BCUT2D eigenvalue weighted by atomic mass is 10.1. The fraction of sp³-hybridized carbons (Fsp3) is 0.714. The molecule has 1 heterocycles. The van der Waals surface area contributed by atoms with Crippen LogP contribution in [-0.4, -0.2) is 11.0 Å². The Labute approximate surface area is 55.4 Å². The predicted molar refractivity (Wildman–Crippen MR) is 40.3 cm³/mol. The lowest BCUT2D eigenvalue weighted by molar-refractivity contribution is 0.788. The zero-order valence-corrected chi connectivity index (χ0v) is 6.13. The van der Waals surface area contributed by atoms with Gasteiger partial charge in [0.25, 0.3) is 0 Å². The van der Waals surface area contributed by atoms with Gasteiger partial charge >= 0.3 is 0 Å². The summed E-state index contributed by atoms with van der Waals surface area (Å²) in [5.41, 5.74) is 1.46. The SMILES string of the molecule is C=C1CSC1CCC. The van der Waals surface area contributed by atoms with Gasteiger partial charge in [-0.05, 0) is 6.42 Å². The Balaban J connectivity index is 2.17. The van der Waals surface area contributed by atoms with Crippen LogP contribution in [0.3, 0.4) is 0 Å². The Hall–Kier alpha value is 0.0900. The molecule has 0 spiro atoms. The van der Waals surface area contributed by atoms with Gasteiger partial charge in [-0.15, -0.1) is 11.8 Å². The molecule has 46 valence electrons. The van der Waals surface area contributed by atoms with Gasteiger partial charge in [-0.2, -0.15) is 0 Å². The third kappa shape index (κ3) is 1.08. The normalized spacial score (nSPS) is 27.6. The number of thioether (sulfide) groups is 1. The van der Waals surface area contributed by atoms with Crippen LogP contribution in [0, 0.1) is 0 Å². The molecule has 0 aromatic heterocycles. The van der Waals surface area contributed by atoms with Crippen molar-refractivity contribution in [1.29, 1.82) is 0 Å². The number of hydrogen-bond donors (Lipinski definition) is 0. The van der Waals surface area contributed by atoms with E-state index >= 15 is 0 Å². The van der Waals surface area contributed by atoms with E-state index in [0.29, 0.717) is 0 Å². The van der Waals surface area contributed by atoms with Crippen LogP contribution < -0.4 is 0 Å². The third-order valence-electron chi connectivity index (χ3n) is 1.48. The summed E-state index contributed by atoms with van der Waals surface area (Å²) in [6.07, 6.45) is 2.64. The molecule has 1 aliphatic heterocycles. The van der Waals surface area contributed by atoms with Crippen LogP contribution in [0.5, 0.6) is 0 Å². The zero-order valence-electron chi connectivity index (χ0n) is 5.31. The second kappa shape index (κ2) is 2.58. The van der Waals surface area contributed by atoms with E-state index in [4.69, 9.17) is 0 Å². The fourth-order valence-electron chi connectivity index (χ4n) is 0.869. The first-order valence-electron chi connectivity index (χ1n) is 3.14. The van der Waals surface area contributed by atoms with Crippen molar-refractivity contribution in [3.63, 3.8) is 0 Å². The lowest BCUT2D eigenvalue weighted by Gasteiger charge is -2.27. The minimum absolute atomic E-state index is 0.819. The molecule has 0 radical (unpaired) electrons. The number of rotatable bonds is 2. The molecule has 1 saturated heterocycles. The quantitative estimate of drug-likeness (QED) is 0.515. The van der Waals surface area contributed by atoms with Crippen LogP contribution in [0.1, 0.15) is 19.8 Å². The zero-order chi connectivity index (χ0) is 5.98. The first kappa shape index (κ1) is 6.21. The maximum atomic E-state index is 3.94. The Kier molecular flexibility index (Phi) is 2.01. The summed E-state index contributed by atoms with van der Waals surface area (Å²) in [5.74, 6) is 1.21. The van der Waals surface area contributed by atoms with Crippen molar-refractivity contribution in [2.24, 2.45) is 0 Å². The molecule has 1 unspecified atom stereocenters. The van der Waals surface area contributed by atoms with E-state index in [1.54, 1.807) is 0 Å². The van der Waals surface area contributed by atoms with Crippen LogP contribution in [-0.2, 0) is 0 Å². The summed E-state index contributed by atoms with van der Waals surface area (Å²) in [6.45, 7) is 6.17. The van der Waals surface area contributed by atoms with E-state index in [0.717, 1.165) is 5.25 Å². The Bertz CT molecular complexity index is 96.6. The molecule has 0 saturated carbocycles. The van der Waals surface area contributed by atoms with E-state index in [2.05, 4.69) is 13.5 Å². The highest BCUT2D eigenvalue weighted by molar-refractivity contribution is 8.01. The number of hydrogen-bond acceptors (Lipinski definition) is 1. The molecular formula is C7H12S. The molecule has 0 bridgehead atoms. The lowest BCUT2D eigenvalue weighted by Crippen LogP contribution is -2.18. The van der Waals surface area contributed by atoms with Gasteiger partial charge in [0.2, 0.25) is 0 Å². The summed E-state index contributed by atoms with van der Waals surface area (Å²) in [7, 11) is 0. The first-order valence-corrected chi connectivity index (χ1v) is 4.18. The highest BCUT2D eigenvalue weighted by atomic mass is 32.2. The van der Waals surface area contributed by atoms with Gasteiger partial charge in [0, 0.05) is 11.0 Å². The van der Waals surface area contributed by atoms with E-state index in [1.165, 1.54) is 24.2 Å². The van der Waals surface area contributed by atoms with Crippen molar-refractivity contribution < 1.29 is 0 Å². The molecule has 0 nitrogen and oxygen atoms in total. The second-order valence-electron chi connectivity index (χ2n) is 2.25. The minimum Gasteiger partial charge on any atom is -0.150 e. The van der Waals surface area contributed by atoms with Crippen LogP contribution >= 0.6 is 11.8 Å². The molecule has 1 atom stereocenters. The van der Waals surface area contributed by atoms with Gasteiger partial charge in [-0.1, -0.05) is 25.5 Å². The Morgan fingerprint density at radius 3 is 2.75 bits per heavy atom. The third-order valence-corrected chi connectivity index (χ3v) is 2.98. The van der Waals surface area contributed by atoms with E-state index in [1.807, 2.05) is 11.8 Å². The summed E-state index contributed by atoms with van der Waals surface area (Å²) in [5, 5.41) is 0.819.